The van der Waals surface area contributed by atoms with Gasteiger partial charge in [-0.15, -0.1) is 11.3 Å². The molecule has 3 N–H and O–H groups in total. The quantitative estimate of drug-likeness (QED) is 0.900. The summed E-state index contributed by atoms with van der Waals surface area (Å²) in [5, 5.41) is 12.5. The molecule has 0 radical (unpaired) electrons. The summed E-state index contributed by atoms with van der Waals surface area (Å²) in [7, 11) is 0. The van der Waals surface area contributed by atoms with Crippen molar-refractivity contribution >= 4 is 27.3 Å². The smallest absolute Gasteiger partial charge is 0.0865 e. The first-order valence-corrected chi connectivity index (χ1v) is 6.62. The van der Waals surface area contributed by atoms with E-state index in [2.05, 4.69) is 15.9 Å². The van der Waals surface area contributed by atoms with E-state index in [0.717, 1.165) is 9.35 Å². The van der Waals surface area contributed by atoms with Crippen LogP contribution in [0.25, 0.3) is 0 Å². The first-order chi connectivity index (χ1) is 6.80. The molecule has 0 aliphatic carbocycles. The van der Waals surface area contributed by atoms with E-state index < -0.39 is 5.60 Å². The molecule has 0 fully saturated rings. The van der Waals surface area contributed by atoms with Gasteiger partial charge in [-0.1, -0.05) is 20.8 Å². The Morgan fingerprint density at radius 3 is 2.40 bits per heavy atom. The predicted octanol–water partition coefficient (Wildman–Crippen LogP) is 2.79. The number of hydrogen-bond acceptors (Lipinski definition) is 3. The van der Waals surface area contributed by atoms with Crippen LogP contribution in [0.5, 0.6) is 0 Å². The van der Waals surface area contributed by atoms with Crippen molar-refractivity contribution in [3.05, 3.63) is 20.8 Å². The highest BCUT2D eigenvalue weighted by Crippen LogP contribution is 2.36. The Labute approximate surface area is 104 Å². The zero-order valence-electron chi connectivity index (χ0n) is 9.38. The third kappa shape index (κ3) is 2.81. The zero-order valence-corrected chi connectivity index (χ0v) is 11.8. The van der Waals surface area contributed by atoms with E-state index in [0.29, 0.717) is 6.42 Å². The Kier molecular flexibility index (Phi) is 3.98. The van der Waals surface area contributed by atoms with Crippen LogP contribution < -0.4 is 5.73 Å². The second kappa shape index (κ2) is 4.53. The summed E-state index contributed by atoms with van der Waals surface area (Å²) in [6.45, 7) is 6.32. The standard InChI is InChI=1S/C11H18BrNOS/c1-10(2,3)11(14,7-13)6-9-8(12)4-5-15-9/h4-5,14H,6-7,13H2,1-3H3. The van der Waals surface area contributed by atoms with Gasteiger partial charge >= 0.3 is 0 Å². The molecule has 2 nitrogen and oxygen atoms in total. The summed E-state index contributed by atoms with van der Waals surface area (Å²) >= 11 is 5.12. The lowest BCUT2D eigenvalue weighted by atomic mass is 9.74. The Hall–Kier alpha value is 0.100. The number of aliphatic hydroxyl groups is 1. The monoisotopic (exact) mass is 291 g/mol. The van der Waals surface area contributed by atoms with Gasteiger partial charge in [-0.2, -0.15) is 0 Å². The maximum Gasteiger partial charge on any atom is 0.0865 e. The molecule has 1 aromatic heterocycles. The Balaban J connectivity index is 2.92. The highest BCUT2D eigenvalue weighted by atomic mass is 79.9. The summed E-state index contributed by atoms with van der Waals surface area (Å²) in [6.07, 6.45) is 0.602. The lowest BCUT2D eigenvalue weighted by Crippen LogP contribution is -2.50. The zero-order chi connectivity index (χ0) is 11.7. The molecule has 0 aromatic carbocycles. The van der Waals surface area contributed by atoms with Gasteiger partial charge in [0.05, 0.1) is 5.60 Å². The normalized spacial score (nSPS) is 16.4. The molecular formula is C11H18BrNOS. The van der Waals surface area contributed by atoms with Gasteiger partial charge < -0.3 is 10.8 Å². The maximum atomic E-state index is 10.5. The van der Waals surface area contributed by atoms with E-state index in [4.69, 9.17) is 5.73 Å². The highest BCUT2D eigenvalue weighted by Gasteiger charge is 2.39. The minimum atomic E-state index is -0.847. The molecule has 1 heterocycles. The van der Waals surface area contributed by atoms with E-state index in [1.807, 2.05) is 32.2 Å². The molecule has 0 spiro atoms. The first kappa shape index (κ1) is 13.2. The fraction of sp³-hybridized carbons (Fsp3) is 0.636. The van der Waals surface area contributed by atoms with Gasteiger partial charge in [-0.25, -0.2) is 0 Å². The van der Waals surface area contributed by atoms with Gasteiger partial charge in [0.15, 0.2) is 0 Å². The Bertz CT molecular complexity index is 332. The van der Waals surface area contributed by atoms with E-state index in [9.17, 15) is 5.11 Å². The van der Waals surface area contributed by atoms with E-state index in [1.165, 1.54) is 0 Å². The fourth-order valence-corrected chi connectivity index (χ4v) is 2.96. The molecule has 1 atom stereocenters. The SMILES string of the molecule is CC(C)(C)C(O)(CN)Cc1sccc1Br. The van der Waals surface area contributed by atoms with Crippen molar-refractivity contribution in [2.45, 2.75) is 32.8 Å². The topological polar surface area (TPSA) is 46.2 Å². The molecule has 1 unspecified atom stereocenters. The lowest BCUT2D eigenvalue weighted by molar-refractivity contribution is -0.0485. The van der Waals surface area contributed by atoms with E-state index >= 15 is 0 Å². The summed E-state index contributed by atoms with van der Waals surface area (Å²) in [4.78, 5) is 1.15. The number of halogens is 1. The molecular weight excluding hydrogens is 274 g/mol. The van der Waals surface area contributed by atoms with Gasteiger partial charge in [0.1, 0.15) is 0 Å². The molecule has 0 saturated carbocycles. The molecule has 0 saturated heterocycles. The second-order valence-electron chi connectivity index (χ2n) is 4.85. The summed E-state index contributed by atoms with van der Waals surface area (Å²) in [5.41, 5.74) is 4.64. The first-order valence-electron chi connectivity index (χ1n) is 4.94. The predicted molar refractivity (Wildman–Crippen MR) is 69.2 cm³/mol. The fourth-order valence-electron chi connectivity index (χ4n) is 1.36. The Morgan fingerprint density at radius 2 is 2.07 bits per heavy atom. The number of thiophene rings is 1. The third-order valence-electron chi connectivity index (χ3n) is 2.88. The molecule has 0 bridgehead atoms. The number of rotatable bonds is 3. The van der Waals surface area contributed by atoms with Crippen molar-refractivity contribution in [3.63, 3.8) is 0 Å². The van der Waals surface area contributed by atoms with Gasteiger partial charge in [0, 0.05) is 22.3 Å². The van der Waals surface area contributed by atoms with Crippen LogP contribution in [0.3, 0.4) is 0 Å². The van der Waals surface area contributed by atoms with Gasteiger partial charge in [0.2, 0.25) is 0 Å². The minimum absolute atomic E-state index is 0.217. The average molecular weight is 292 g/mol. The van der Waals surface area contributed by atoms with Crippen LogP contribution in [-0.4, -0.2) is 17.3 Å². The van der Waals surface area contributed by atoms with Gasteiger partial charge in [0.25, 0.3) is 0 Å². The third-order valence-corrected chi connectivity index (χ3v) is 4.80. The van der Waals surface area contributed by atoms with Crippen molar-refractivity contribution in [1.29, 1.82) is 0 Å². The molecule has 1 aromatic rings. The second-order valence-corrected chi connectivity index (χ2v) is 6.71. The molecule has 4 heteroatoms. The van der Waals surface area contributed by atoms with E-state index in [1.54, 1.807) is 11.3 Å². The lowest BCUT2D eigenvalue weighted by Gasteiger charge is -2.39. The van der Waals surface area contributed by atoms with Crippen molar-refractivity contribution in [1.82, 2.24) is 0 Å². The molecule has 1 rings (SSSR count). The van der Waals surface area contributed by atoms with Gasteiger partial charge in [-0.3, -0.25) is 0 Å². The van der Waals surface area contributed by atoms with E-state index in [-0.39, 0.29) is 12.0 Å². The molecule has 0 aliphatic rings. The molecule has 86 valence electrons. The largest absolute Gasteiger partial charge is 0.388 e. The van der Waals surface area contributed by atoms with Crippen LogP contribution >= 0.6 is 27.3 Å². The van der Waals surface area contributed by atoms with Crippen LogP contribution in [0.1, 0.15) is 25.6 Å². The summed E-state index contributed by atoms with van der Waals surface area (Å²) in [5.74, 6) is 0. The van der Waals surface area contributed by atoms with Crippen molar-refractivity contribution < 1.29 is 5.11 Å². The Morgan fingerprint density at radius 1 is 1.47 bits per heavy atom. The van der Waals surface area contributed by atoms with Crippen molar-refractivity contribution in [2.75, 3.05) is 6.54 Å². The minimum Gasteiger partial charge on any atom is -0.388 e. The van der Waals surface area contributed by atoms with Crippen LogP contribution in [0.2, 0.25) is 0 Å². The van der Waals surface area contributed by atoms with Crippen molar-refractivity contribution in [2.24, 2.45) is 11.1 Å². The number of nitrogens with two attached hydrogens (primary N) is 1. The molecule has 0 amide bonds. The maximum absolute atomic E-state index is 10.5. The van der Waals surface area contributed by atoms with Crippen LogP contribution in [0.15, 0.2) is 15.9 Å². The highest BCUT2D eigenvalue weighted by molar-refractivity contribution is 9.10. The van der Waals surface area contributed by atoms with Crippen molar-refractivity contribution in [3.8, 4) is 0 Å². The van der Waals surface area contributed by atoms with Gasteiger partial charge in [-0.05, 0) is 32.8 Å². The van der Waals surface area contributed by atoms with Crippen LogP contribution in [0.4, 0.5) is 0 Å². The molecule has 15 heavy (non-hydrogen) atoms. The molecule has 0 aliphatic heterocycles. The van der Waals surface area contributed by atoms with Crippen LogP contribution in [0, 0.1) is 5.41 Å². The van der Waals surface area contributed by atoms with Crippen LogP contribution in [-0.2, 0) is 6.42 Å². The summed E-state index contributed by atoms with van der Waals surface area (Å²) < 4.78 is 1.06. The average Bonchev–Trinajstić information content (AvgIpc) is 2.50. The summed E-state index contributed by atoms with van der Waals surface area (Å²) in [6, 6.07) is 2.00. The number of hydrogen-bond donors (Lipinski definition) is 2.